The quantitative estimate of drug-likeness (QED) is 0.421. The van der Waals surface area contributed by atoms with Gasteiger partial charge in [0.1, 0.15) is 6.54 Å². The van der Waals surface area contributed by atoms with Gasteiger partial charge in [0.25, 0.3) is 0 Å². The van der Waals surface area contributed by atoms with Gasteiger partial charge in [-0.2, -0.15) is 0 Å². The second-order valence-corrected chi connectivity index (χ2v) is 6.73. The minimum absolute atomic E-state index is 0.604. The molecule has 1 aromatic rings. The number of hydrogen-bond donors (Lipinski definition) is 0. The topological polar surface area (TPSA) is 61.1 Å². The van der Waals surface area contributed by atoms with Crippen LogP contribution >= 0.6 is 0 Å². The summed E-state index contributed by atoms with van der Waals surface area (Å²) < 4.78 is 29.6. The molecule has 0 saturated heterocycles. The molecule has 0 N–H and O–H groups in total. The molecule has 0 spiro atoms. The molecule has 21 heavy (non-hydrogen) atoms. The predicted octanol–water partition coefficient (Wildman–Crippen LogP) is 3.06. The second-order valence-electron chi connectivity index (χ2n) is 5.32. The van der Waals surface area contributed by atoms with Crippen LogP contribution < -0.4 is 4.57 Å². The standard InChI is InChI=1S/C15H26N.CH4O3S/c1-3-5-7-8-12-16-13-9-11-15(14-16)10-6-4-2;1-5(2,3)4/h9,11,13-14H,3-8,10,12H2,1-2H3;1H3,(H,2,3,4)/q+1;/p-1. The Labute approximate surface area is 130 Å². The van der Waals surface area contributed by atoms with E-state index in [9.17, 15) is 0 Å². The van der Waals surface area contributed by atoms with Gasteiger partial charge in [0, 0.05) is 24.3 Å². The zero-order valence-electron chi connectivity index (χ0n) is 13.5. The summed E-state index contributed by atoms with van der Waals surface area (Å²) >= 11 is 0. The van der Waals surface area contributed by atoms with E-state index in [1.165, 1.54) is 57.1 Å². The van der Waals surface area contributed by atoms with Crippen molar-refractivity contribution in [2.45, 2.75) is 65.3 Å². The first-order chi connectivity index (χ1) is 9.86. The highest BCUT2D eigenvalue weighted by Crippen LogP contribution is 2.02. The molecule has 0 amide bonds. The molecule has 4 nitrogen and oxygen atoms in total. The van der Waals surface area contributed by atoms with Gasteiger partial charge in [0.15, 0.2) is 12.4 Å². The Bertz CT molecular complexity index is 464. The van der Waals surface area contributed by atoms with E-state index < -0.39 is 10.1 Å². The molecule has 1 rings (SSSR count). The lowest BCUT2D eigenvalue weighted by molar-refractivity contribution is -0.697. The molecule has 1 heterocycles. The molecule has 0 atom stereocenters. The average molecular weight is 315 g/mol. The van der Waals surface area contributed by atoms with Crippen LogP contribution in [0.3, 0.4) is 0 Å². The zero-order chi connectivity index (χ0) is 16.1. The van der Waals surface area contributed by atoms with Gasteiger partial charge < -0.3 is 4.55 Å². The fraction of sp³-hybridized carbons (Fsp3) is 0.688. The maximum atomic E-state index is 9.08. The Morgan fingerprint density at radius 1 is 1.10 bits per heavy atom. The average Bonchev–Trinajstić information content (AvgIpc) is 2.40. The maximum absolute atomic E-state index is 9.08. The van der Waals surface area contributed by atoms with Gasteiger partial charge in [-0.1, -0.05) is 33.1 Å². The third-order valence-corrected chi connectivity index (χ3v) is 3.01. The van der Waals surface area contributed by atoms with Crippen molar-refractivity contribution < 1.29 is 17.5 Å². The van der Waals surface area contributed by atoms with Crippen molar-refractivity contribution >= 4 is 10.1 Å². The number of rotatable bonds is 8. The summed E-state index contributed by atoms with van der Waals surface area (Å²) in [7, 11) is -3.92. The van der Waals surface area contributed by atoms with Gasteiger partial charge >= 0.3 is 0 Å². The van der Waals surface area contributed by atoms with Crippen LogP contribution in [0.4, 0.5) is 0 Å². The summed E-state index contributed by atoms with van der Waals surface area (Å²) in [5, 5.41) is 0. The molecule has 5 heteroatoms. The molecular weight excluding hydrogens is 286 g/mol. The van der Waals surface area contributed by atoms with Crippen LogP contribution in [0.2, 0.25) is 0 Å². The fourth-order valence-electron chi connectivity index (χ4n) is 1.97. The Kier molecular flexibility index (Phi) is 11.2. The van der Waals surface area contributed by atoms with Gasteiger partial charge in [-0.15, -0.1) is 0 Å². The smallest absolute Gasteiger partial charge is 0.171 e. The van der Waals surface area contributed by atoms with Crippen LogP contribution in [0.25, 0.3) is 0 Å². The van der Waals surface area contributed by atoms with Crippen molar-refractivity contribution in [2.75, 3.05) is 6.26 Å². The van der Waals surface area contributed by atoms with Gasteiger partial charge in [-0.3, -0.25) is 0 Å². The maximum Gasteiger partial charge on any atom is 0.171 e. The molecule has 0 aliphatic heterocycles. The highest BCUT2D eigenvalue weighted by Gasteiger charge is 2.02. The van der Waals surface area contributed by atoms with Gasteiger partial charge in [-0.05, 0) is 25.3 Å². The zero-order valence-corrected chi connectivity index (χ0v) is 14.4. The third kappa shape index (κ3) is 15.3. The summed E-state index contributed by atoms with van der Waals surface area (Å²) in [5.41, 5.74) is 1.49. The minimum Gasteiger partial charge on any atom is -0.748 e. The fourth-order valence-corrected chi connectivity index (χ4v) is 1.97. The van der Waals surface area contributed by atoms with Crippen LogP contribution in [-0.2, 0) is 23.1 Å². The number of aryl methyl sites for hydroxylation is 2. The van der Waals surface area contributed by atoms with Gasteiger partial charge in [-0.25, -0.2) is 13.0 Å². The van der Waals surface area contributed by atoms with Gasteiger partial charge in [0.05, 0.1) is 10.1 Å². The molecule has 0 aliphatic rings. The van der Waals surface area contributed by atoms with Crippen molar-refractivity contribution in [1.29, 1.82) is 0 Å². The van der Waals surface area contributed by atoms with Crippen LogP contribution in [0.5, 0.6) is 0 Å². The van der Waals surface area contributed by atoms with E-state index in [1.54, 1.807) is 0 Å². The third-order valence-electron chi connectivity index (χ3n) is 3.01. The summed E-state index contributed by atoms with van der Waals surface area (Å²) in [6.07, 6.45) is 14.3. The van der Waals surface area contributed by atoms with E-state index in [1.807, 2.05) is 0 Å². The van der Waals surface area contributed by atoms with E-state index in [0.717, 1.165) is 0 Å². The normalized spacial score (nSPS) is 10.9. The number of pyridine rings is 1. The largest absolute Gasteiger partial charge is 0.748 e. The first kappa shape index (κ1) is 20.1. The van der Waals surface area contributed by atoms with Gasteiger partial charge in [0.2, 0.25) is 0 Å². The molecule has 122 valence electrons. The number of hydrogen-bond acceptors (Lipinski definition) is 3. The van der Waals surface area contributed by atoms with Crippen molar-refractivity contribution in [3.8, 4) is 0 Å². The van der Waals surface area contributed by atoms with Crippen LogP contribution in [-0.4, -0.2) is 19.2 Å². The summed E-state index contributed by atoms with van der Waals surface area (Å²) in [6, 6.07) is 4.43. The highest BCUT2D eigenvalue weighted by molar-refractivity contribution is 7.84. The first-order valence-corrected chi connectivity index (χ1v) is 9.57. The van der Waals surface area contributed by atoms with Crippen molar-refractivity contribution in [2.24, 2.45) is 0 Å². The second kappa shape index (κ2) is 11.7. The van der Waals surface area contributed by atoms with E-state index in [0.29, 0.717) is 6.26 Å². The van der Waals surface area contributed by atoms with Crippen LogP contribution in [0, 0.1) is 0 Å². The summed E-state index contributed by atoms with van der Waals surface area (Å²) in [5.74, 6) is 0. The van der Waals surface area contributed by atoms with Crippen LogP contribution in [0.15, 0.2) is 24.5 Å². The lowest BCUT2D eigenvalue weighted by atomic mass is 10.1. The molecule has 1 aromatic heterocycles. The molecule has 0 aromatic carbocycles. The Morgan fingerprint density at radius 2 is 1.71 bits per heavy atom. The van der Waals surface area contributed by atoms with E-state index >= 15 is 0 Å². The van der Waals surface area contributed by atoms with E-state index in [4.69, 9.17) is 13.0 Å². The lowest BCUT2D eigenvalue weighted by Crippen LogP contribution is -2.33. The molecule has 0 bridgehead atoms. The SMILES string of the molecule is CCCCCC[n+]1cccc(CCCC)c1.CS(=O)(=O)[O-]. The first-order valence-electron chi connectivity index (χ1n) is 7.75. The van der Waals surface area contributed by atoms with Crippen molar-refractivity contribution in [1.82, 2.24) is 0 Å². The predicted molar refractivity (Wildman–Crippen MR) is 85.0 cm³/mol. The minimum atomic E-state index is -3.92. The molecular formula is C16H29NO3S. The highest BCUT2D eigenvalue weighted by atomic mass is 32.2. The number of nitrogens with zero attached hydrogens (tertiary/aromatic N) is 1. The number of aromatic nitrogens is 1. The molecule has 0 unspecified atom stereocenters. The monoisotopic (exact) mass is 315 g/mol. The Hall–Kier alpha value is -0.940. The summed E-state index contributed by atoms with van der Waals surface area (Å²) in [4.78, 5) is 0. The van der Waals surface area contributed by atoms with E-state index in [2.05, 4.69) is 42.9 Å². The van der Waals surface area contributed by atoms with E-state index in [-0.39, 0.29) is 0 Å². The number of unbranched alkanes of at least 4 members (excludes halogenated alkanes) is 4. The van der Waals surface area contributed by atoms with Crippen molar-refractivity contribution in [3.63, 3.8) is 0 Å². The Morgan fingerprint density at radius 3 is 2.29 bits per heavy atom. The molecule has 0 fully saturated rings. The molecule has 0 saturated carbocycles. The lowest BCUT2D eigenvalue weighted by Gasteiger charge is -2.00. The Balaban J connectivity index is 0.000000690. The molecule has 0 radical (unpaired) electrons. The molecule has 0 aliphatic carbocycles. The van der Waals surface area contributed by atoms with Crippen molar-refractivity contribution in [3.05, 3.63) is 30.1 Å². The van der Waals surface area contributed by atoms with Crippen LogP contribution in [0.1, 0.15) is 57.9 Å². The summed E-state index contributed by atoms with van der Waals surface area (Å²) in [6.45, 7) is 5.69.